The molecule has 0 unspecified atom stereocenters. The zero-order chi connectivity index (χ0) is 13.1. The number of carbonyl (C=O) groups is 1. The Balaban J connectivity index is 2.69. The molecule has 1 N–H and O–H groups in total. The highest BCUT2D eigenvalue weighted by Gasteiger charge is 2.31. The average molecular weight is 245 g/mol. The smallest absolute Gasteiger partial charge is 0.326 e. The molecular weight excluding hydrogens is 231 g/mol. The summed E-state index contributed by atoms with van der Waals surface area (Å²) in [4.78, 5) is 11.1. The Morgan fingerprint density at radius 3 is 2.53 bits per heavy atom. The number of hydrogen-bond acceptors (Lipinski definition) is 1. The van der Waals surface area contributed by atoms with Crippen molar-refractivity contribution < 1.29 is 18.0 Å². The van der Waals surface area contributed by atoms with Crippen molar-refractivity contribution in [3.63, 3.8) is 0 Å². The maximum absolute atomic E-state index is 12.0. The maximum Gasteiger partial charge on any atom is 0.397 e. The fraction of sp³-hybridized carbons (Fsp3) is 0.417. The van der Waals surface area contributed by atoms with Gasteiger partial charge in [0.1, 0.15) is 6.42 Å². The van der Waals surface area contributed by atoms with E-state index in [0.29, 0.717) is 5.69 Å². The van der Waals surface area contributed by atoms with E-state index >= 15 is 0 Å². The third-order valence-corrected chi connectivity index (χ3v) is 2.20. The normalized spacial score (nSPS) is 11.6. The first-order chi connectivity index (χ1) is 7.78. The Morgan fingerprint density at radius 2 is 2.00 bits per heavy atom. The highest BCUT2D eigenvalue weighted by atomic mass is 19.4. The minimum absolute atomic E-state index is 0.259. The molecule has 17 heavy (non-hydrogen) atoms. The number of benzene rings is 1. The number of nitrogens with one attached hydrogen (secondary N) is 1. The molecule has 2 nitrogen and oxygen atoms in total. The number of alkyl halides is 3. The number of carbonyl (C=O) groups excluding carboxylic acids is 1. The van der Waals surface area contributed by atoms with Crippen molar-refractivity contribution in [3.05, 3.63) is 29.8 Å². The van der Waals surface area contributed by atoms with Gasteiger partial charge in [0, 0.05) is 5.69 Å². The molecule has 0 saturated carbocycles. The molecule has 1 aromatic rings. The molecule has 0 saturated heterocycles. The second kappa shape index (κ2) is 5.21. The predicted octanol–water partition coefficient (Wildman–Crippen LogP) is 3.70. The van der Waals surface area contributed by atoms with Gasteiger partial charge in [0.05, 0.1) is 0 Å². The first kappa shape index (κ1) is 13.5. The molecule has 1 aromatic carbocycles. The van der Waals surface area contributed by atoms with Crippen molar-refractivity contribution in [1.29, 1.82) is 0 Å². The van der Waals surface area contributed by atoms with Crippen molar-refractivity contribution in [2.45, 2.75) is 32.4 Å². The molecule has 0 aliphatic carbocycles. The van der Waals surface area contributed by atoms with Crippen LogP contribution < -0.4 is 5.32 Å². The SMILES string of the molecule is CC(C)c1cccc(NC(=O)CC(F)(F)F)c1. The van der Waals surface area contributed by atoms with E-state index in [1.54, 1.807) is 18.2 Å². The summed E-state index contributed by atoms with van der Waals surface area (Å²) >= 11 is 0. The first-order valence-corrected chi connectivity index (χ1v) is 5.24. The maximum atomic E-state index is 12.0. The monoisotopic (exact) mass is 245 g/mol. The lowest BCUT2D eigenvalue weighted by Gasteiger charge is -2.10. The number of hydrogen-bond donors (Lipinski definition) is 1. The van der Waals surface area contributed by atoms with E-state index in [2.05, 4.69) is 5.32 Å². The lowest BCUT2D eigenvalue weighted by Crippen LogP contribution is -2.21. The van der Waals surface area contributed by atoms with Gasteiger partial charge in [-0.25, -0.2) is 0 Å². The molecule has 0 radical (unpaired) electrons. The molecule has 1 amide bonds. The van der Waals surface area contributed by atoms with Crippen LogP contribution in [0.2, 0.25) is 0 Å². The van der Waals surface area contributed by atoms with E-state index in [-0.39, 0.29) is 5.92 Å². The molecule has 0 fully saturated rings. The second-order valence-electron chi connectivity index (χ2n) is 4.12. The van der Waals surface area contributed by atoms with Gasteiger partial charge in [0.2, 0.25) is 5.91 Å². The van der Waals surface area contributed by atoms with Crippen LogP contribution in [-0.2, 0) is 4.79 Å². The quantitative estimate of drug-likeness (QED) is 0.864. The average Bonchev–Trinajstić information content (AvgIpc) is 2.14. The van der Waals surface area contributed by atoms with Crippen LogP contribution in [0.5, 0.6) is 0 Å². The summed E-state index contributed by atoms with van der Waals surface area (Å²) in [5.74, 6) is -0.784. The Bertz CT molecular complexity index is 399. The molecule has 5 heteroatoms. The minimum Gasteiger partial charge on any atom is -0.326 e. The highest BCUT2D eigenvalue weighted by Crippen LogP contribution is 2.22. The number of amides is 1. The number of anilines is 1. The largest absolute Gasteiger partial charge is 0.397 e. The molecular formula is C12H14F3NO. The van der Waals surface area contributed by atoms with Gasteiger partial charge in [0.25, 0.3) is 0 Å². The van der Waals surface area contributed by atoms with Crippen molar-refractivity contribution in [3.8, 4) is 0 Å². The van der Waals surface area contributed by atoms with Crippen LogP contribution in [-0.4, -0.2) is 12.1 Å². The van der Waals surface area contributed by atoms with Gasteiger partial charge in [-0.3, -0.25) is 4.79 Å². The fourth-order valence-electron chi connectivity index (χ4n) is 1.36. The molecule has 94 valence electrons. The first-order valence-electron chi connectivity index (χ1n) is 5.24. The van der Waals surface area contributed by atoms with Gasteiger partial charge in [0.15, 0.2) is 0 Å². The van der Waals surface area contributed by atoms with E-state index in [0.717, 1.165) is 5.56 Å². The summed E-state index contributed by atoms with van der Waals surface area (Å²) in [7, 11) is 0. The van der Waals surface area contributed by atoms with Crippen LogP contribution in [0.1, 0.15) is 31.7 Å². The summed E-state index contributed by atoms with van der Waals surface area (Å²) in [6.07, 6.45) is -5.93. The highest BCUT2D eigenvalue weighted by molar-refractivity contribution is 5.91. The van der Waals surface area contributed by atoms with Gasteiger partial charge >= 0.3 is 6.18 Å². The number of halogens is 3. The van der Waals surface area contributed by atoms with Gasteiger partial charge in [-0.1, -0.05) is 26.0 Å². The van der Waals surface area contributed by atoms with Crippen LogP contribution in [0, 0.1) is 0 Å². The molecule has 0 spiro atoms. The third kappa shape index (κ3) is 4.89. The summed E-state index contributed by atoms with van der Waals surface area (Å²) in [6, 6.07) is 6.82. The summed E-state index contributed by atoms with van der Waals surface area (Å²) in [6.45, 7) is 3.94. The summed E-state index contributed by atoms with van der Waals surface area (Å²) in [5.41, 5.74) is 1.36. The molecule has 0 atom stereocenters. The molecule has 0 bridgehead atoms. The Hall–Kier alpha value is -1.52. The van der Waals surface area contributed by atoms with Crippen LogP contribution >= 0.6 is 0 Å². The van der Waals surface area contributed by atoms with Gasteiger partial charge in [-0.2, -0.15) is 13.2 Å². The van der Waals surface area contributed by atoms with Crippen LogP contribution in [0.3, 0.4) is 0 Å². The fourth-order valence-corrected chi connectivity index (χ4v) is 1.36. The molecule has 1 rings (SSSR count). The lowest BCUT2D eigenvalue weighted by atomic mass is 10.0. The van der Waals surface area contributed by atoms with Gasteiger partial charge in [-0.05, 0) is 23.6 Å². The zero-order valence-corrected chi connectivity index (χ0v) is 9.64. The molecule has 0 heterocycles. The Kier molecular flexibility index (Phi) is 4.15. The van der Waals surface area contributed by atoms with Crippen molar-refractivity contribution in [1.82, 2.24) is 0 Å². The van der Waals surface area contributed by atoms with E-state index in [1.807, 2.05) is 19.9 Å². The van der Waals surface area contributed by atoms with E-state index in [4.69, 9.17) is 0 Å². The Morgan fingerprint density at radius 1 is 1.35 bits per heavy atom. The van der Waals surface area contributed by atoms with Crippen molar-refractivity contribution in [2.24, 2.45) is 0 Å². The standard InChI is InChI=1S/C12H14F3NO/c1-8(2)9-4-3-5-10(6-9)16-11(17)7-12(13,14)15/h3-6,8H,7H2,1-2H3,(H,16,17). The topological polar surface area (TPSA) is 29.1 Å². The van der Waals surface area contributed by atoms with Crippen molar-refractivity contribution >= 4 is 11.6 Å². The van der Waals surface area contributed by atoms with Gasteiger partial charge < -0.3 is 5.32 Å². The molecule has 0 aromatic heterocycles. The van der Waals surface area contributed by atoms with Crippen molar-refractivity contribution in [2.75, 3.05) is 5.32 Å². The minimum atomic E-state index is -4.47. The van der Waals surface area contributed by atoms with E-state index in [1.165, 1.54) is 0 Å². The van der Waals surface area contributed by atoms with E-state index < -0.39 is 18.5 Å². The predicted molar refractivity (Wildman–Crippen MR) is 59.8 cm³/mol. The molecule has 0 aliphatic heterocycles. The Labute approximate surface area is 97.8 Å². The van der Waals surface area contributed by atoms with E-state index in [9.17, 15) is 18.0 Å². The zero-order valence-electron chi connectivity index (χ0n) is 9.64. The van der Waals surface area contributed by atoms with Crippen LogP contribution in [0.25, 0.3) is 0 Å². The second-order valence-corrected chi connectivity index (χ2v) is 4.12. The van der Waals surface area contributed by atoms with Gasteiger partial charge in [-0.15, -0.1) is 0 Å². The number of rotatable bonds is 3. The summed E-state index contributed by atoms with van der Waals surface area (Å²) < 4.78 is 35.9. The summed E-state index contributed by atoms with van der Waals surface area (Å²) in [5, 5.41) is 2.23. The molecule has 0 aliphatic rings. The lowest BCUT2D eigenvalue weighted by molar-refractivity contribution is -0.150. The van der Waals surface area contributed by atoms with Crippen LogP contribution in [0.15, 0.2) is 24.3 Å². The van der Waals surface area contributed by atoms with Crippen LogP contribution in [0.4, 0.5) is 18.9 Å². The third-order valence-electron chi connectivity index (χ3n) is 2.20.